The quantitative estimate of drug-likeness (QED) is 0.567. The summed E-state index contributed by atoms with van der Waals surface area (Å²) >= 11 is 0. The maximum atomic E-state index is 14.6. The molecule has 0 unspecified atom stereocenters. The SMILES string of the molecule is C[C@H]1CN(C(=O)CCNC(=O)OC(C)(C)C)CCCN1S(O)(O)c1cccc2cncc(F)c12. The summed E-state index contributed by atoms with van der Waals surface area (Å²) in [6.07, 6.45) is 2.57. The molecule has 0 radical (unpaired) electrons. The second-order valence-corrected chi connectivity index (χ2v) is 11.3. The maximum Gasteiger partial charge on any atom is 0.407 e. The second-order valence-electron chi connectivity index (χ2n) is 9.36. The van der Waals surface area contributed by atoms with Crippen LogP contribution in [0.2, 0.25) is 0 Å². The zero-order valence-corrected chi connectivity index (χ0v) is 20.8. The average Bonchev–Trinajstić information content (AvgIpc) is 2.94. The Bertz CT molecular complexity index is 1040. The molecule has 1 aliphatic heterocycles. The van der Waals surface area contributed by atoms with Crippen molar-refractivity contribution < 1.29 is 27.8 Å². The molecular formula is C23H33FN4O5S. The van der Waals surface area contributed by atoms with E-state index in [4.69, 9.17) is 4.74 Å². The van der Waals surface area contributed by atoms with Crippen LogP contribution in [-0.4, -0.2) is 73.1 Å². The van der Waals surface area contributed by atoms with Crippen LogP contribution in [0.5, 0.6) is 0 Å². The molecule has 3 N–H and O–H groups in total. The first-order chi connectivity index (χ1) is 15.9. The Morgan fingerprint density at radius 1 is 1.26 bits per heavy atom. The van der Waals surface area contributed by atoms with Crippen molar-refractivity contribution in [1.82, 2.24) is 19.5 Å². The number of aromatic nitrogens is 1. The number of carbonyl (C=O) groups is 2. The number of carbonyl (C=O) groups excluding carboxylic acids is 2. The molecule has 2 amide bonds. The van der Waals surface area contributed by atoms with Crippen LogP contribution >= 0.6 is 10.8 Å². The number of nitrogens with zero attached hydrogens (tertiary/aromatic N) is 3. The van der Waals surface area contributed by atoms with Gasteiger partial charge in [0.2, 0.25) is 5.91 Å². The average molecular weight is 497 g/mol. The summed E-state index contributed by atoms with van der Waals surface area (Å²) in [7, 11) is -3.52. The minimum absolute atomic E-state index is 0.101. The summed E-state index contributed by atoms with van der Waals surface area (Å²) in [5.74, 6) is -0.770. The van der Waals surface area contributed by atoms with Crippen molar-refractivity contribution in [1.29, 1.82) is 0 Å². The predicted molar refractivity (Wildman–Crippen MR) is 129 cm³/mol. The minimum Gasteiger partial charge on any atom is -0.444 e. The van der Waals surface area contributed by atoms with Crippen molar-refractivity contribution in [2.24, 2.45) is 0 Å². The molecule has 0 saturated carbocycles. The molecule has 3 rings (SSSR count). The smallest absolute Gasteiger partial charge is 0.407 e. The summed E-state index contributed by atoms with van der Waals surface area (Å²) in [6.45, 7) is 8.27. The van der Waals surface area contributed by atoms with Crippen LogP contribution < -0.4 is 5.32 Å². The number of fused-ring (bicyclic) bond motifs is 1. The molecule has 1 fully saturated rings. The van der Waals surface area contributed by atoms with Crippen LogP contribution in [0.4, 0.5) is 9.18 Å². The Hall–Kier alpha value is -2.47. The van der Waals surface area contributed by atoms with Crippen molar-refractivity contribution >= 4 is 33.5 Å². The fourth-order valence-corrected chi connectivity index (χ4v) is 5.96. The zero-order chi connectivity index (χ0) is 25.1. The van der Waals surface area contributed by atoms with Gasteiger partial charge in [-0.1, -0.05) is 12.1 Å². The molecule has 1 saturated heterocycles. The fourth-order valence-electron chi connectivity index (χ4n) is 4.00. The van der Waals surface area contributed by atoms with E-state index in [9.17, 15) is 23.1 Å². The molecule has 9 nitrogen and oxygen atoms in total. The molecule has 2 heterocycles. The molecule has 34 heavy (non-hydrogen) atoms. The number of benzene rings is 1. The van der Waals surface area contributed by atoms with Crippen molar-refractivity contribution in [3.8, 4) is 0 Å². The van der Waals surface area contributed by atoms with Crippen LogP contribution in [0.1, 0.15) is 40.5 Å². The number of hydrogen-bond acceptors (Lipinski definition) is 7. The fraction of sp³-hybridized carbons (Fsp3) is 0.522. The topological polar surface area (TPSA) is 115 Å². The molecule has 0 spiro atoms. The number of pyridine rings is 1. The number of amides is 2. The summed E-state index contributed by atoms with van der Waals surface area (Å²) in [4.78, 5) is 30.1. The van der Waals surface area contributed by atoms with Crippen LogP contribution in [-0.2, 0) is 9.53 Å². The van der Waals surface area contributed by atoms with Gasteiger partial charge in [0.15, 0.2) is 5.82 Å². The lowest BCUT2D eigenvalue weighted by molar-refractivity contribution is -0.131. The summed E-state index contributed by atoms with van der Waals surface area (Å²) in [5, 5.41) is 3.19. The molecule has 1 aliphatic rings. The van der Waals surface area contributed by atoms with E-state index in [0.29, 0.717) is 24.9 Å². The first kappa shape index (κ1) is 26.1. The highest BCUT2D eigenvalue weighted by Gasteiger charge is 2.35. The second kappa shape index (κ2) is 10.4. The van der Waals surface area contributed by atoms with E-state index >= 15 is 0 Å². The van der Waals surface area contributed by atoms with E-state index in [1.165, 1.54) is 12.3 Å². The number of nitrogens with one attached hydrogen (secondary N) is 1. The molecule has 1 atom stereocenters. The number of hydrogen-bond donors (Lipinski definition) is 3. The van der Waals surface area contributed by atoms with Crippen molar-refractivity contribution in [3.05, 3.63) is 36.4 Å². The normalized spacial score (nSPS) is 18.4. The number of alkyl carbamates (subject to hydrolysis) is 1. The molecule has 1 aromatic heterocycles. The van der Waals surface area contributed by atoms with Crippen molar-refractivity contribution in [2.75, 3.05) is 26.2 Å². The first-order valence-electron chi connectivity index (χ1n) is 11.2. The van der Waals surface area contributed by atoms with Gasteiger partial charge in [0, 0.05) is 55.6 Å². The summed E-state index contributed by atoms with van der Waals surface area (Å²) in [6, 6.07) is 4.43. The van der Waals surface area contributed by atoms with Gasteiger partial charge in [-0.15, -0.1) is 10.8 Å². The van der Waals surface area contributed by atoms with E-state index in [1.807, 2.05) is 6.92 Å². The molecule has 0 bridgehead atoms. The van der Waals surface area contributed by atoms with Gasteiger partial charge in [0.25, 0.3) is 0 Å². The van der Waals surface area contributed by atoms with Crippen LogP contribution in [0.15, 0.2) is 35.5 Å². The largest absolute Gasteiger partial charge is 0.444 e. The van der Waals surface area contributed by atoms with E-state index in [2.05, 4.69) is 10.3 Å². The third kappa shape index (κ3) is 6.15. The number of rotatable bonds is 5. The van der Waals surface area contributed by atoms with Gasteiger partial charge in [-0.2, -0.15) is 4.31 Å². The van der Waals surface area contributed by atoms with E-state index in [0.717, 1.165) is 6.20 Å². The van der Waals surface area contributed by atoms with Crippen LogP contribution in [0.3, 0.4) is 0 Å². The Balaban J connectivity index is 1.68. The third-order valence-electron chi connectivity index (χ3n) is 5.46. The van der Waals surface area contributed by atoms with Gasteiger partial charge in [-0.3, -0.25) is 18.9 Å². The monoisotopic (exact) mass is 496 g/mol. The molecule has 1 aromatic carbocycles. The van der Waals surface area contributed by atoms with Gasteiger partial charge in [0.05, 0.1) is 11.1 Å². The Morgan fingerprint density at radius 3 is 2.71 bits per heavy atom. The zero-order valence-electron chi connectivity index (χ0n) is 20.0. The summed E-state index contributed by atoms with van der Waals surface area (Å²) in [5.41, 5.74) is -0.620. The number of halogens is 1. The van der Waals surface area contributed by atoms with Crippen LogP contribution in [0.25, 0.3) is 10.8 Å². The molecular weight excluding hydrogens is 463 g/mol. The van der Waals surface area contributed by atoms with Gasteiger partial charge < -0.3 is 15.0 Å². The van der Waals surface area contributed by atoms with Gasteiger partial charge in [0.1, 0.15) is 5.60 Å². The number of ether oxygens (including phenoxy) is 1. The highest BCUT2D eigenvalue weighted by atomic mass is 32.3. The Kier molecular flexibility index (Phi) is 8.02. The van der Waals surface area contributed by atoms with Gasteiger partial charge in [-0.25, -0.2) is 9.18 Å². The molecule has 11 heteroatoms. The minimum atomic E-state index is -3.52. The molecule has 0 aliphatic carbocycles. The predicted octanol–water partition coefficient (Wildman–Crippen LogP) is 4.24. The lowest BCUT2D eigenvalue weighted by Crippen LogP contribution is -2.43. The molecule has 2 aromatic rings. The summed E-state index contributed by atoms with van der Waals surface area (Å²) < 4.78 is 43.8. The van der Waals surface area contributed by atoms with E-state index < -0.39 is 34.3 Å². The van der Waals surface area contributed by atoms with E-state index in [1.54, 1.807) is 42.1 Å². The van der Waals surface area contributed by atoms with Gasteiger partial charge in [-0.05, 0) is 40.2 Å². The van der Waals surface area contributed by atoms with Crippen LogP contribution in [0, 0.1) is 5.82 Å². The van der Waals surface area contributed by atoms with E-state index in [-0.39, 0.29) is 35.7 Å². The van der Waals surface area contributed by atoms with Crippen molar-refractivity contribution in [2.45, 2.75) is 57.1 Å². The Morgan fingerprint density at radius 2 is 2.00 bits per heavy atom. The van der Waals surface area contributed by atoms with Gasteiger partial charge >= 0.3 is 6.09 Å². The lowest BCUT2D eigenvalue weighted by atomic mass is 10.2. The highest BCUT2D eigenvalue weighted by molar-refractivity contribution is 8.22. The molecule has 188 valence electrons. The first-order valence-corrected chi connectivity index (χ1v) is 12.7. The Labute approximate surface area is 200 Å². The lowest BCUT2D eigenvalue weighted by Gasteiger charge is -2.46. The van der Waals surface area contributed by atoms with Crippen molar-refractivity contribution in [3.63, 3.8) is 0 Å². The third-order valence-corrected chi connectivity index (χ3v) is 7.59. The highest BCUT2D eigenvalue weighted by Crippen LogP contribution is 2.55. The maximum absolute atomic E-state index is 14.6. The standard InChI is InChI=1S/C23H33FN4O5S/c1-16-15-27(20(29)9-10-26-22(30)33-23(2,3)4)11-6-12-28(16)34(31,32)19-8-5-7-17-13-25-14-18(24)21(17)19/h5,7-8,13-14,16,31-32H,6,9-12,15H2,1-4H3,(H,26,30)/t16-/m0/s1.